The second-order valence-corrected chi connectivity index (χ2v) is 8.20. The standard InChI is InChI=1S/C23H27N5O3S/c1-5-28-21(17-11-7-9-13-19(17)31-4)26-27-23(28)32-14-20(29)25-18-12-8-6-10-16(18)22(30)24-15(2)3/h6-13,15H,5,14H2,1-4H3,(H,24,30)(H,25,29). The lowest BCUT2D eigenvalue weighted by molar-refractivity contribution is -0.113. The summed E-state index contributed by atoms with van der Waals surface area (Å²) >= 11 is 1.29. The molecular weight excluding hydrogens is 426 g/mol. The van der Waals surface area contributed by atoms with Crippen molar-refractivity contribution in [3.63, 3.8) is 0 Å². The summed E-state index contributed by atoms with van der Waals surface area (Å²) in [4.78, 5) is 25.0. The van der Waals surface area contributed by atoms with Gasteiger partial charge in [-0.15, -0.1) is 10.2 Å². The molecule has 1 heterocycles. The maximum Gasteiger partial charge on any atom is 0.253 e. The Morgan fingerprint density at radius 2 is 1.81 bits per heavy atom. The first-order chi connectivity index (χ1) is 15.4. The minimum absolute atomic E-state index is 0.000321. The molecule has 0 aliphatic carbocycles. The molecule has 0 bridgehead atoms. The number of aromatic nitrogens is 3. The van der Waals surface area contributed by atoms with E-state index in [1.54, 1.807) is 31.4 Å². The highest BCUT2D eigenvalue weighted by Crippen LogP contribution is 2.30. The molecule has 8 nitrogen and oxygen atoms in total. The summed E-state index contributed by atoms with van der Waals surface area (Å²) in [5.41, 5.74) is 1.74. The van der Waals surface area contributed by atoms with Gasteiger partial charge in [-0.3, -0.25) is 9.59 Å². The van der Waals surface area contributed by atoms with Gasteiger partial charge in [0.25, 0.3) is 5.91 Å². The smallest absolute Gasteiger partial charge is 0.253 e. The fourth-order valence-corrected chi connectivity index (χ4v) is 3.96. The molecule has 0 saturated heterocycles. The summed E-state index contributed by atoms with van der Waals surface area (Å²) in [6.07, 6.45) is 0. The summed E-state index contributed by atoms with van der Waals surface area (Å²) in [5, 5.41) is 14.9. The van der Waals surface area contributed by atoms with Crippen LogP contribution in [0.3, 0.4) is 0 Å². The van der Waals surface area contributed by atoms with Crippen LogP contribution in [0.4, 0.5) is 5.69 Å². The molecule has 0 radical (unpaired) electrons. The van der Waals surface area contributed by atoms with Crippen LogP contribution in [0.15, 0.2) is 53.7 Å². The third-order valence-electron chi connectivity index (χ3n) is 4.58. The van der Waals surface area contributed by atoms with Crippen LogP contribution in [0.1, 0.15) is 31.1 Å². The Morgan fingerprint density at radius 3 is 2.53 bits per heavy atom. The van der Waals surface area contributed by atoms with Crippen LogP contribution < -0.4 is 15.4 Å². The van der Waals surface area contributed by atoms with Gasteiger partial charge in [-0.1, -0.05) is 36.0 Å². The lowest BCUT2D eigenvalue weighted by Crippen LogP contribution is -2.31. The number of methoxy groups -OCH3 is 1. The highest BCUT2D eigenvalue weighted by molar-refractivity contribution is 7.99. The lowest BCUT2D eigenvalue weighted by Gasteiger charge is -2.13. The zero-order valence-electron chi connectivity index (χ0n) is 18.6. The van der Waals surface area contributed by atoms with Crippen LogP contribution in [-0.4, -0.2) is 45.5 Å². The van der Waals surface area contributed by atoms with Gasteiger partial charge in [0.1, 0.15) is 5.75 Å². The number of anilines is 1. The van der Waals surface area contributed by atoms with Crippen molar-refractivity contribution >= 4 is 29.3 Å². The average molecular weight is 454 g/mol. The minimum Gasteiger partial charge on any atom is -0.496 e. The third kappa shape index (κ3) is 5.47. The minimum atomic E-state index is -0.232. The molecule has 0 aliphatic rings. The first-order valence-corrected chi connectivity index (χ1v) is 11.3. The third-order valence-corrected chi connectivity index (χ3v) is 5.55. The van der Waals surface area contributed by atoms with Crippen LogP contribution in [-0.2, 0) is 11.3 Å². The molecule has 32 heavy (non-hydrogen) atoms. The Balaban J connectivity index is 1.72. The van der Waals surface area contributed by atoms with Gasteiger partial charge < -0.3 is 19.9 Å². The van der Waals surface area contributed by atoms with Crippen molar-refractivity contribution in [2.45, 2.75) is 38.5 Å². The number of para-hydroxylation sites is 2. The van der Waals surface area contributed by atoms with Crippen LogP contribution in [0.2, 0.25) is 0 Å². The second kappa shape index (κ2) is 10.8. The molecule has 0 aliphatic heterocycles. The monoisotopic (exact) mass is 453 g/mol. The van der Waals surface area contributed by atoms with Crippen molar-refractivity contribution in [2.75, 3.05) is 18.2 Å². The molecule has 3 rings (SSSR count). The highest BCUT2D eigenvalue weighted by atomic mass is 32.2. The van der Waals surface area contributed by atoms with Crippen molar-refractivity contribution in [2.24, 2.45) is 0 Å². The maximum absolute atomic E-state index is 12.6. The molecule has 0 fully saturated rings. The van der Waals surface area contributed by atoms with E-state index in [-0.39, 0.29) is 23.6 Å². The van der Waals surface area contributed by atoms with E-state index in [9.17, 15) is 9.59 Å². The number of amides is 2. The number of benzene rings is 2. The maximum atomic E-state index is 12.6. The molecule has 0 unspecified atom stereocenters. The van der Waals surface area contributed by atoms with E-state index in [1.165, 1.54) is 11.8 Å². The first-order valence-electron chi connectivity index (χ1n) is 10.3. The molecule has 9 heteroatoms. The molecule has 168 valence electrons. The molecule has 0 saturated carbocycles. The lowest BCUT2D eigenvalue weighted by atomic mass is 10.1. The van der Waals surface area contributed by atoms with Crippen LogP contribution in [0.5, 0.6) is 5.75 Å². The number of nitrogens with one attached hydrogen (secondary N) is 2. The molecule has 0 spiro atoms. The summed E-state index contributed by atoms with van der Waals surface area (Å²) in [5.74, 6) is 1.06. The summed E-state index contributed by atoms with van der Waals surface area (Å²) < 4.78 is 7.39. The molecule has 3 aromatic rings. The van der Waals surface area contributed by atoms with E-state index in [0.717, 1.165) is 5.56 Å². The Kier molecular flexibility index (Phi) is 7.88. The number of thioether (sulfide) groups is 1. The van der Waals surface area contributed by atoms with E-state index in [2.05, 4.69) is 20.8 Å². The van der Waals surface area contributed by atoms with Gasteiger partial charge in [0.15, 0.2) is 11.0 Å². The van der Waals surface area contributed by atoms with Crippen molar-refractivity contribution in [3.05, 3.63) is 54.1 Å². The molecule has 1 aromatic heterocycles. The van der Waals surface area contributed by atoms with Gasteiger partial charge in [-0.2, -0.15) is 0 Å². The SMILES string of the molecule is CCn1c(SCC(=O)Nc2ccccc2C(=O)NC(C)C)nnc1-c1ccccc1OC. The predicted octanol–water partition coefficient (Wildman–Crippen LogP) is 3.84. The molecule has 0 atom stereocenters. The van der Waals surface area contributed by atoms with Gasteiger partial charge in [0.05, 0.1) is 29.7 Å². The van der Waals surface area contributed by atoms with Crippen molar-refractivity contribution in [1.29, 1.82) is 0 Å². The summed E-state index contributed by atoms with van der Waals surface area (Å²) in [6.45, 7) is 6.41. The largest absolute Gasteiger partial charge is 0.496 e. The van der Waals surface area contributed by atoms with E-state index in [1.807, 2.05) is 49.6 Å². The van der Waals surface area contributed by atoms with Gasteiger partial charge >= 0.3 is 0 Å². The zero-order valence-corrected chi connectivity index (χ0v) is 19.4. The van der Waals surface area contributed by atoms with E-state index >= 15 is 0 Å². The molecule has 2 aromatic carbocycles. The van der Waals surface area contributed by atoms with Gasteiger partial charge in [-0.25, -0.2) is 0 Å². The fourth-order valence-electron chi connectivity index (χ4n) is 3.16. The summed E-state index contributed by atoms with van der Waals surface area (Å²) in [7, 11) is 1.62. The number of carbonyl (C=O) groups is 2. The Hall–Kier alpha value is -3.33. The fraction of sp³-hybridized carbons (Fsp3) is 0.304. The number of hydrogen-bond acceptors (Lipinski definition) is 6. The van der Waals surface area contributed by atoms with Crippen molar-refractivity contribution in [3.8, 4) is 17.1 Å². The van der Waals surface area contributed by atoms with Crippen LogP contribution in [0, 0.1) is 0 Å². The normalized spacial score (nSPS) is 10.8. The van der Waals surface area contributed by atoms with Gasteiger partial charge in [0, 0.05) is 12.6 Å². The highest BCUT2D eigenvalue weighted by Gasteiger charge is 2.18. The van der Waals surface area contributed by atoms with Gasteiger partial charge in [0.2, 0.25) is 5.91 Å². The Labute approximate surface area is 191 Å². The number of hydrogen-bond donors (Lipinski definition) is 2. The van der Waals surface area contributed by atoms with Crippen LogP contribution in [0.25, 0.3) is 11.4 Å². The number of nitrogens with zero attached hydrogens (tertiary/aromatic N) is 3. The quantitative estimate of drug-likeness (QED) is 0.478. The first kappa shape index (κ1) is 23.3. The number of carbonyl (C=O) groups excluding carboxylic acids is 2. The summed E-state index contributed by atoms with van der Waals surface area (Å²) in [6, 6.07) is 14.6. The van der Waals surface area contributed by atoms with Gasteiger partial charge in [-0.05, 0) is 45.0 Å². The molecule has 2 N–H and O–H groups in total. The zero-order chi connectivity index (χ0) is 23.1. The average Bonchev–Trinajstić information content (AvgIpc) is 3.20. The van der Waals surface area contributed by atoms with Crippen molar-refractivity contribution in [1.82, 2.24) is 20.1 Å². The van der Waals surface area contributed by atoms with Crippen molar-refractivity contribution < 1.29 is 14.3 Å². The van der Waals surface area contributed by atoms with E-state index in [0.29, 0.717) is 34.5 Å². The number of rotatable bonds is 9. The van der Waals surface area contributed by atoms with E-state index < -0.39 is 0 Å². The predicted molar refractivity (Wildman–Crippen MR) is 126 cm³/mol. The second-order valence-electron chi connectivity index (χ2n) is 7.26. The molecule has 2 amide bonds. The number of ether oxygens (including phenoxy) is 1. The molecular formula is C23H27N5O3S. The van der Waals surface area contributed by atoms with E-state index in [4.69, 9.17) is 4.74 Å². The Bertz CT molecular complexity index is 1100. The Morgan fingerprint density at radius 1 is 1.09 bits per heavy atom. The topological polar surface area (TPSA) is 98.1 Å². The van der Waals surface area contributed by atoms with Crippen LogP contribution >= 0.6 is 11.8 Å².